The van der Waals surface area contributed by atoms with Crippen LogP contribution >= 0.6 is 0 Å². The molecule has 0 saturated heterocycles. The molecule has 2 fully saturated rings. The standard InChI is InChI=1S/C67H55N/c1-3-18-47(19-4-1)55-26-7-9-28-59(55)61-30-11-12-31-62(61)64-32-13-14-35-66(64)68(53-25-15-24-50(43-53)58-34-17-23-49-22-16-33-57(67(49)58)48-20-5-2-6-21-48)54-36-37-63-60-29-10-8-27-56(60)51-39-45-38-46(40-51)42-52(41-45)65(63)44-54/h2-3,5-37,43-46,51-52H,1,4,38-42H2. The maximum atomic E-state index is 2.61. The second kappa shape index (κ2) is 17.3. The normalized spacial score (nSPS) is 19.1. The first kappa shape index (κ1) is 40.8. The molecule has 14 rings (SSSR count). The van der Waals surface area contributed by atoms with E-state index < -0.39 is 0 Å². The summed E-state index contributed by atoms with van der Waals surface area (Å²) >= 11 is 0. The van der Waals surface area contributed by atoms with Crippen molar-refractivity contribution in [2.75, 3.05) is 4.90 Å². The molecule has 5 aliphatic rings. The van der Waals surface area contributed by atoms with Crippen molar-refractivity contribution >= 4 is 33.4 Å². The third-order valence-electron chi connectivity index (χ3n) is 15.9. The van der Waals surface area contributed by atoms with E-state index in [1.54, 1.807) is 5.56 Å². The number of allylic oxidation sites excluding steroid dienone is 4. The molecule has 0 aromatic heterocycles. The number of nitrogens with zero attached hydrogens (tertiary/aromatic N) is 1. The van der Waals surface area contributed by atoms with E-state index in [1.807, 2.05) is 0 Å². The SMILES string of the molecule is C1=CC(c2ccccc2-c2ccccc2-c2ccccc2N(c2cccc(-c3cccc4cccc(-c5ccccc5)c34)c2)c2ccc3c(c2)C2CC4CC(CC(C4)c4ccccc4-3)C2)=CCC1. The van der Waals surface area contributed by atoms with Crippen LogP contribution in [-0.2, 0) is 0 Å². The third kappa shape index (κ3) is 7.24. The average molecular weight is 874 g/mol. The molecule has 0 radical (unpaired) electrons. The topological polar surface area (TPSA) is 3.24 Å². The fourth-order valence-electron chi connectivity index (χ4n) is 13.0. The predicted octanol–water partition coefficient (Wildman–Crippen LogP) is 18.8. The van der Waals surface area contributed by atoms with Gasteiger partial charge in [0.05, 0.1) is 5.69 Å². The molecule has 0 aliphatic heterocycles. The van der Waals surface area contributed by atoms with Gasteiger partial charge in [-0.3, -0.25) is 0 Å². The Kier molecular flexibility index (Phi) is 10.4. The Morgan fingerprint density at radius 2 is 0.897 bits per heavy atom. The van der Waals surface area contributed by atoms with Crippen molar-refractivity contribution in [3.63, 3.8) is 0 Å². The Balaban J connectivity index is 1.03. The highest BCUT2D eigenvalue weighted by Gasteiger charge is 2.40. The van der Waals surface area contributed by atoms with Crippen molar-refractivity contribution < 1.29 is 0 Å². The molecule has 2 saturated carbocycles. The Hall–Kier alpha value is -7.48. The molecular formula is C67H55N. The molecule has 0 amide bonds. The van der Waals surface area contributed by atoms with Crippen molar-refractivity contribution in [2.45, 2.75) is 56.8 Å². The minimum Gasteiger partial charge on any atom is -0.310 e. The fourth-order valence-corrected chi connectivity index (χ4v) is 13.0. The Labute approximate surface area is 401 Å². The maximum Gasteiger partial charge on any atom is 0.0540 e. The van der Waals surface area contributed by atoms with Gasteiger partial charge in [-0.05, 0) is 182 Å². The zero-order valence-electron chi connectivity index (χ0n) is 38.6. The quantitative estimate of drug-likeness (QED) is 0.147. The summed E-state index contributed by atoms with van der Waals surface area (Å²) in [5, 5.41) is 2.52. The molecule has 0 N–H and O–H groups in total. The zero-order chi connectivity index (χ0) is 45.0. The summed E-state index contributed by atoms with van der Waals surface area (Å²) in [6, 6.07) is 77.9. The molecule has 9 aromatic carbocycles. The number of anilines is 3. The average Bonchev–Trinajstić information content (AvgIpc) is 3.46. The molecule has 2 atom stereocenters. The van der Waals surface area contributed by atoms with E-state index in [4.69, 9.17) is 0 Å². The van der Waals surface area contributed by atoms with Gasteiger partial charge in [-0.25, -0.2) is 0 Å². The van der Waals surface area contributed by atoms with Crippen LogP contribution in [0.3, 0.4) is 0 Å². The van der Waals surface area contributed by atoms with E-state index >= 15 is 0 Å². The molecule has 2 unspecified atom stereocenters. The van der Waals surface area contributed by atoms with E-state index in [0.29, 0.717) is 11.8 Å². The summed E-state index contributed by atoms with van der Waals surface area (Å²) in [6.07, 6.45) is 15.8. The van der Waals surface area contributed by atoms with Crippen LogP contribution in [0.4, 0.5) is 17.1 Å². The summed E-state index contributed by atoms with van der Waals surface area (Å²) in [4.78, 5) is 2.58. The number of rotatable bonds is 8. The number of hydrogen-bond donors (Lipinski definition) is 0. The lowest BCUT2D eigenvalue weighted by Gasteiger charge is -2.42. The number of benzene rings is 9. The van der Waals surface area contributed by atoms with Crippen molar-refractivity contribution in [1.82, 2.24) is 0 Å². The third-order valence-corrected chi connectivity index (χ3v) is 15.9. The summed E-state index contributed by atoms with van der Waals surface area (Å²) < 4.78 is 0. The molecule has 68 heavy (non-hydrogen) atoms. The monoisotopic (exact) mass is 873 g/mol. The van der Waals surface area contributed by atoms with Gasteiger partial charge in [-0.2, -0.15) is 0 Å². The lowest BCUT2D eigenvalue weighted by Crippen LogP contribution is -2.29. The molecule has 9 aromatic rings. The zero-order valence-corrected chi connectivity index (χ0v) is 38.6. The summed E-state index contributed by atoms with van der Waals surface area (Å²) in [6.45, 7) is 0. The first-order chi connectivity index (χ1) is 33.7. The minimum absolute atomic E-state index is 0.539. The lowest BCUT2D eigenvalue weighted by atomic mass is 9.63. The summed E-state index contributed by atoms with van der Waals surface area (Å²) in [5.41, 5.74) is 21.9. The molecule has 1 nitrogen and oxygen atoms in total. The van der Waals surface area contributed by atoms with Gasteiger partial charge < -0.3 is 4.90 Å². The van der Waals surface area contributed by atoms with Crippen molar-refractivity contribution in [3.8, 4) is 55.6 Å². The second-order valence-electron chi connectivity index (χ2n) is 19.9. The van der Waals surface area contributed by atoms with Crippen molar-refractivity contribution in [2.24, 2.45) is 11.8 Å². The highest BCUT2D eigenvalue weighted by Crippen LogP contribution is 2.56. The molecule has 4 bridgehead atoms. The number of fused-ring (bicyclic) bond motifs is 1. The highest BCUT2D eigenvalue weighted by atomic mass is 15.1. The van der Waals surface area contributed by atoms with Gasteiger partial charge in [0.15, 0.2) is 0 Å². The fraction of sp³-hybridized carbons (Fsp3) is 0.164. The van der Waals surface area contributed by atoms with E-state index in [2.05, 4.69) is 229 Å². The van der Waals surface area contributed by atoms with Gasteiger partial charge in [0.2, 0.25) is 0 Å². The molecule has 1 heteroatoms. The molecular weight excluding hydrogens is 819 g/mol. The van der Waals surface area contributed by atoms with Gasteiger partial charge >= 0.3 is 0 Å². The largest absolute Gasteiger partial charge is 0.310 e. The van der Waals surface area contributed by atoms with Crippen LogP contribution in [0.25, 0.3) is 72.0 Å². The van der Waals surface area contributed by atoms with Crippen LogP contribution in [-0.4, -0.2) is 0 Å². The molecule has 0 spiro atoms. The van der Waals surface area contributed by atoms with Crippen LogP contribution in [0.1, 0.15) is 73.5 Å². The smallest absolute Gasteiger partial charge is 0.0540 e. The Bertz CT molecular complexity index is 3400. The summed E-state index contributed by atoms with van der Waals surface area (Å²) in [5.74, 6) is 2.76. The first-order valence-electron chi connectivity index (χ1n) is 25.1. The van der Waals surface area contributed by atoms with Crippen LogP contribution in [0, 0.1) is 11.8 Å². The maximum absolute atomic E-state index is 2.61. The highest BCUT2D eigenvalue weighted by molar-refractivity contribution is 6.07. The van der Waals surface area contributed by atoms with Crippen molar-refractivity contribution in [1.29, 1.82) is 0 Å². The minimum atomic E-state index is 0.539. The van der Waals surface area contributed by atoms with Crippen LogP contribution in [0.5, 0.6) is 0 Å². The van der Waals surface area contributed by atoms with Crippen LogP contribution in [0.2, 0.25) is 0 Å². The lowest BCUT2D eigenvalue weighted by molar-refractivity contribution is 0.153. The summed E-state index contributed by atoms with van der Waals surface area (Å²) in [7, 11) is 0. The molecule has 5 aliphatic carbocycles. The predicted molar refractivity (Wildman–Crippen MR) is 288 cm³/mol. The van der Waals surface area contributed by atoms with Crippen LogP contribution in [0.15, 0.2) is 224 Å². The number of hydrogen-bond acceptors (Lipinski definition) is 1. The molecule has 328 valence electrons. The van der Waals surface area contributed by atoms with E-state index in [0.717, 1.165) is 30.4 Å². The molecule has 0 heterocycles. The van der Waals surface area contributed by atoms with E-state index in [-0.39, 0.29) is 0 Å². The number of para-hydroxylation sites is 1. The second-order valence-corrected chi connectivity index (χ2v) is 19.9. The van der Waals surface area contributed by atoms with Gasteiger partial charge in [-0.1, -0.05) is 194 Å². The Morgan fingerprint density at radius 1 is 0.353 bits per heavy atom. The van der Waals surface area contributed by atoms with Gasteiger partial charge in [0.25, 0.3) is 0 Å². The van der Waals surface area contributed by atoms with Crippen molar-refractivity contribution in [3.05, 3.63) is 241 Å². The van der Waals surface area contributed by atoms with Gasteiger partial charge in [0, 0.05) is 16.9 Å². The Morgan fingerprint density at radius 3 is 1.63 bits per heavy atom. The van der Waals surface area contributed by atoms with E-state index in [9.17, 15) is 0 Å². The van der Waals surface area contributed by atoms with Crippen LogP contribution < -0.4 is 4.90 Å². The van der Waals surface area contributed by atoms with Gasteiger partial charge in [0.1, 0.15) is 0 Å². The van der Waals surface area contributed by atoms with E-state index in [1.165, 1.54) is 127 Å². The van der Waals surface area contributed by atoms with Gasteiger partial charge in [-0.15, -0.1) is 0 Å². The first-order valence-corrected chi connectivity index (χ1v) is 25.1.